The molecule has 1 fully saturated rings. The van der Waals surface area contributed by atoms with Gasteiger partial charge in [-0.25, -0.2) is 4.98 Å². The fourth-order valence-electron chi connectivity index (χ4n) is 1.09. The second-order valence-corrected chi connectivity index (χ2v) is 3.42. The summed E-state index contributed by atoms with van der Waals surface area (Å²) in [6.07, 6.45) is 3.47. The summed E-state index contributed by atoms with van der Waals surface area (Å²) in [7, 11) is 0. The number of carbonyl (C=O) groups is 2. The van der Waals surface area contributed by atoms with Crippen LogP contribution in [-0.4, -0.2) is 22.8 Å². The Kier molecular flexibility index (Phi) is 2.62. The van der Waals surface area contributed by atoms with E-state index in [0.29, 0.717) is 5.82 Å². The second kappa shape index (κ2) is 4.08. The van der Waals surface area contributed by atoms with Gasteiger partial charge in [0.2, 0.25) is 0 Å². The van der Waals surface area contributed by atoms with Crippen molar-refractivity contribution in [2.24, 2.45) is 0 Å². The monoisotopic (exact) mass is 205 g/mol. The number of hydrogen-bond acceptors (Lipinski definition) is 3. The molecule has 1 aliphatic rings. The van der Waals surface area contributed by atoms with Crippen LogP contribution in [0, 0.1) is 0 Å². The number of anilines is 1. The zero-order valence-electron chi connectivity index (χ0n) is 8.06. The zero-order chi connectivity index (χ0) is 10.7. The van der Waals surface area contributed by atoms with E-state index >= 15 is 0 Å². The fraction of sp³-hybridized carbons (Fsp3) is 0.300. The van der Waals surface area contributed by atoms with Gasteiger partial charge < -0.3 is 10.6 Å². The van der Waals surface area contributed by atoms with Gasteiger partial charge in [-0.1, -0.05) is 6.07 Å². The van der Waals surface area contributed by atoms with Gasteiger partial charge in [0, 0.05) is 12.2 Å². The normalized spacial score (nSPS) is 14.4. The van der Waals surface area contributed by atoms with Crippen molar-refractivity contribution < 1.29 is 9.59 Å². The molecule has 1 aromatic rings. The van der Waals surface area contributed by atoms with Crippen LogP contribution in [0.4, 0.5) is 5.82 Å². The summed E-state index contributed by atoms with van der Waals surface area (Å²) < 4.78 is 0. The Morgan fingerprint density at radius 2 is 2.07 bits per heavy atom. The highest BCUT2D eigenvalue weighted by Gasteiger charge is 2.26. The Morgan fingerprint density at radius 1 is 1.27 bits per heavy atom. The number of amides is 2. The molecule has 0 atom stereocenters. The molecule has 0 saturated heterocycles. The maximum atomic E-state index is 11.3. The molecule has 1 heterocycles. The van der Waals surface area contributed by atoms with Crippen molar-refractivity contribution in [3.8, 4) is 0 Å². The van der Waals surface area contributed by atoms with Gasteiger partial charge >= 0.3 is 11.8 Å². The predicted molar refractivity (Wildman–Crippen MR) is 54.0 cm³/mol. The summed E-state index contributed by atoms with van der Waals surface area (Å²) in [6.45, 7) is 0. The third-order valence-electron chi connectivity index (χ3n) is 2.03. The first-order valence-electron chi connectivity index (χ1n) is 4.78. The zero-order valence-corrected chi connectivity index (χ0v) is 8.06. The second-order valence-electron chi connectivity index (χ2n) is 3.42. The average Bonchev–Trinajstić information content (AvgIpc) is 3.03. The van der Waals surface area contributed by atoms with Crippen LogP contribution in [-0.2, 0) is 9.59 Å². The first-order valence-corrected chi connectivity index (χ1v) is 4.78. The van der Waals surface area contributed by atoms with Crippen LogP contribution in [0.2, 0.25) is 0 Å². The lowest BCUT2D eigenvalue weighted by Crippen LogP contribution is -2.36. The minimum absolute atomic E-state index is 0.187. The van der Waals surface area contributed by atoms with Crippen molar-refractivity contribution in [2.45, 2.75) is 18.9 Å². The molecule has 1 aliphatic carbocycles. The molecule has 78 valence electrons. The molecule has 15 heavy (non-hydrogen) atoms. The number of hydrogen-bond donors (Lipinski definition) is 2. The first-order chi connectivity index (χ1) is 7.25. The number of pyridine rings is 1. The molecular formula is C10H11N3O2. The van der Waals surface area contributed by atoms with Crippen molar-refractivity contribution in [2.75, 3.05) is 5.32 Å². The van der Waals surface area contributed by atoms with Crippen molar-refractivity contribution in [1.29, 1.82) is 0 Å². The third-order valence-corrected chi connectivity index (χ3v) is 2.03. The van der Waals surface area contributed by atoms with Crippen molar-refractivity contribution in [3.63, 3.8) is 0 Å². The lowest BCUT2D eigenvalue weighted by Gasteiger charge is -2.03. The van der Waals surface area contributed by atoms with Crippen molar-refractivity contribution in [3.05, 3.63) is 24.4 Å². The average molecular weight is 205 g/mol. The van der Waals surface area contributed by atoms with E-state index in [2.05, 4.69) is 15.6 Å². The summed E-state index contributed by atoms with van der Waals surface area (Å²) in [6, 6.07) is 5.29. The number of aromatic nitrogens is 1. The molecule has 0 spiro atoms. The number of nitrogens with zero attached hydrogens (tertiary/aromatic N) is 1. The van der Waals surface area contributed by atoms with E-state index in [9.17, 15) is 9.59 Å². The molecule has 5 nitrogen and oxygen atoms in total. The molecule has 2 N–H and O–H groups in total. The highest BCUT2D eigenvalue weighted by atomic mass is 16.2. The smallest absolute Gasteiger partial charge is 0.314 e. The van der Waals surface area contributed by atoms with Gasteiger partial charge in [-0.2, -0.15) is 0 Å². The fourth-order valence-corrected chi connectivity index (χ4v) is 1.09. The number of rotatable bonds is 2. The molecule has 0 unspecified atom stereocenters. The first kappa shape index (κ1) is 9.64. The Hall–Kier alpha value is -1.91. The summed E-state index contributed by atoms with van der Waals surface area (Å²) in [5, 5.41) is 5.01. The Labute approximate surface area is 86.9 Å². The summed E-state index contributed by atoms with van der Waals surface area (Å²) >= 11 is 0. The maximum absolute atomic E-state index is 11.3. The van der Waals surface area contributed by atoms with Crippen molar-refractivity contribution >= 4 is 17.6 Å². The Bertz CT molecular complexity index is 374. The molecule has 0 aromatic carbocycles. The van der Waals surface area contributed by atoms with Gasteiger partial charge in [0.05, 0.1) is 0 Å². The largest absolute Gasteiger partial charge is 0.345 e. The van der Waals surface area contributed by atoms with Crippen LogP contribution in [0.25, 0.3) is 0 Å². The summed E-state index contributed by atoms with van der Waals surface area (Å²) in [4.78, 5) is 26.4. The topological polar surface area (TPSA) is 71.1 Å². The van der Waals surface area contributed by atoms with Crippen LogP contribution in [0.3, 0.4) is 0 Å². The van der Waals surface area contributed by atoms with Crippen LogP contribution in [0.15, 0.2) is 24.4 Å². The molecule has 0 aliphatic heterocycles. The van der Waals surface area contributed by atoms with E-state index in [1.807, 2.05) is 0 Å². The molecule has 1 saturated carbocycles. The van der Waals surface area contributed by atoms with Gasteiger partial charge in [-0.3, -0.25) is 9.59 Å². The number of nitrogens with one attached hydrogen (secondary N) is 2. The lowest BCUT2D eigenvalue weighted by atomic mass is 10.4. The standard InChI is InChI=1S/C10H11N3O2/c14-9(12-7-4-5-7)10(15)13-8-3-1-2-6-11-8/h1-3,6-7H,4-5H2,(H,12,14)(H,11,13,15). The van der Waals surface area contributed by atoms with Gasteiger partial charge in [0.1, 0.15) is 5.82 Å². The molecule has 2 rings (SSSR count). The molecule has 2 amide bonds. The Balaban J connectivity index is 1.88. The quantitative estimate of drug-likeness (QED) is 0.682. The van der Waals surface area contributed by atoms with E-state index in [4.69, 9.17) is 0 Å². The van der Waals surface area contributed by atoms with Crippen LogP contribution < -0.4 is 10.6 Å². The van der Waals surface area contributed by atoms with E-state index in [0.717, 1.165) is 12.8 Å². The highest BCUT2D eigenvalue weighted by molar-refractivity contribution is 6.39. The van der Waals surface area contributed by atoms with Crippen LogP contribution in [0.1, 0.15) is 12.8 Å². The van der Waals surface area contributed by atoms with E-state index < -0.39 is 11.8 Å². The van der Waals surface area contributed by atoms with Gasteiger partial charge in [0.25, 0.3) is 0 Å². The van der Waals surface area contributed by atoms with Crippen LogP contribution >= 0.6 is 0 Å². The van der Waals surface area contributed by atoms with E-state index in [-0.39, 0.29) is 6.04 Å². The minimum atomic E-state index is -0.666. The highest BCUT2D eigenvalue weighted by Crippen LogP contribution is 2.18. The van der Waals surface area contributed by atoms with E-state index in [1.165, 1.54) is 0 Å². The predicted octanol–water partition coefficient (Wildman–Crippen LogP) is 0.299. The molecule has 5 heteroatoms. The Morgan fingerprint density at radius 3 is 2.67 bits per heavy atom. The summed E-state index contributed by atoms with van der Waals surface area (Å²) in [5.74, 6) is -0.878. The molecule has 0 radical (unpaired) electrons. The molecule has 1 aromatic heterocycles. The van der Waals surface area contributed by atoms with Gasteiger partial charge in [-0.15, -0.1) is 0 Å². The van der Waals surface area contributed by atoms with Crippen LogP contribution in [0.5, 0.6) is 0 Å². The lowest BCUT2D eigenvalue weighted by molar-refractivity contribution is -0.136. The van der Waals surface area contributed by atoms with Gasteiger partial charge in [0.15, 0.2) is 0 Å². The SMILES string of the molecule is O=C(Nc1ccccn1)C(=O)NC1CC1. The molecular weight excluding hydrogens is 194 g/mol. The maximum Gasteiger partial charge on any atom is 0.314 e. The minimum Gasteiger partial charge on any atom is -0.345 e. The third kappa shape index (κ3) is 2.77. The van der Waals surface area contributed by atoms with Gasteiger partial charge in [-0.05, 0) is 25.0 Å². The summed E-state index contributed by atoms with van der Waals surface area (Å²) in [5.41, 5.74) is 0. The van der Waals surface area contributed by atoms with Crippen molar-refractivity contribution in [1.82, 2.24) is 10.3 Å². The van der Waals surface area contributed by atoms with E-state index in [1.54, 1.807) is 24.4 Å². The number of carbonyl (C=O) groups excluding carboxylic acids is 2. The molecule has 0 bridgehead atoms.